The van der Waals surface area contributed by atoms with Crippen LogP contribution in [0, 0.1) is 0 Å². The summed E-state index contributed by atoms with van der Waals surface area (Å²) in [5, 5.41) is 2.99. The molecule has 2 aromatic rings. The highest BCUT2D eigenvalue weighted by Crippen LogP contribution is 2.20. The van der Waals surface area contributed by atoms with Crippen LogP contribution in [0.15, 0.2) is 59.5 Å². The molecule has 0 saturated carbocycles. The molecule has 2 atom stereocenters. The fourth-order valence-corrected chi connectivity index (χ4v) is 3.75. The summed E-state index contributed by atoms with van der Waals surface area (Å²) in [6.45, 7) is 6.17. The zero-order chi connectivity index (χ0) is 21.9. The van der Waals surface area contributed by atoms with Crippen molar-refractivity contribution in [2.45, 2.75) is 57.1 Å². The summed E-state index contributed by atoms with van der Waals surface area (Å²) in [5.41, 5.74) is 0.961. The van der Waals surface area contributed by atoms with Crippen LogP contribution in [0.25, 0.3) is 0 Å². The predicted molar refractivity (Wildman–Crippen MR) is 123 cm³/mol. The number of amides is 2. The van der Waals surface area contributed by atoms with Gasteiger partial charge in [-0.2, -0.15) is 0 Å². The van der Waals surface area contributed by atoms with Gasteiger partial charge in [-0.3, -0.25) is 9.59 Å². The Balaban J connectivity index is 2.07. The van der Waals surface area contributed by atoms with Crippen molar-refractivity contribution in [3.8, 4) is 5.75 Å². The highest BCUT2D eigenvalue weighted by atomic mass is 32.2. The number of thioether (sulfide) groups is 1. The fraction of sp³-hybridized carbons (Fsp3) is 0.417. The van der Waals surface area contributed by atoms with Crippen LogP contribution in [0.3, 0.4) is 0 Å². The maximum atomic E-state index is 13.1. The number of ether oxygens (including phenoxy) is 1. The quantitative estimate of drug-likeness (QED) is 0.535. The van der Waals surface area contributed by atoms with Gasteiger partial charge in [0.05, 0.1) is 7.11 Å². The molecule has 0 aliphatic carbocycles. The lowest BCUT2D eigenvalue weighted by Crippen LogP contribution is -2.49. The van der Waals surface area contributed by atoms with Crippen molar-refractivity contribution in [2.24, 2.45) is 0 Å². The van der Waals surface area contributed by atoms with Crippen molar-refractivity contribution in [2.75, 3.05) is 12.9 Å². The summed E-state index contributed by atoms with van der Waals surface area (Å²) in [6.07, 6.45) is 1.22. The largest absolute Gasteiger partial charge is 0.497 e. The molecule has 0 aliphatic rings. The Labute approximate surface area is 184 Å². The van der Waals surface area contributed by atoms with Crippen LogP contribution in [0.5, 0.6) is 5.75 Å². The Bertz CT molecular complexity index is 796. The highest BCUT2D eigenvalue weighted by molar-refractivity contribution is 7.99. The summed E-state index contributed by atoms with van der Waals surface area (Å²) >= 11 is 1.65. The maximum absolute atomic E-state index is 13.1. The Hall–Kier alpha value is -2.47. The molecule has 162 valence electrons. The number of benzene rings is 2. The molecule has 0 spiro atoms. The predicted octanol–water partition coefficient (Wildman–Crippen LogP) is 4.51. The molecule has 0 bridgehead atoms. The summed E-state index contributed by atoms with van der Waals surface area (Å²) in [4.78, 5) is 28.6. The monoisotopic (exact) mass is 428 g/mol. The van der Waals surface area contributed by atoms with Gasteiger partial charge in [-0.1, -0.05) is 37.3 Å². The lowest BCUT2D eigenvalue weighted by Gasteiger charge is -2.29. The third-order valence-corrected chi connectivity index (χ3v) is 6.02. The second kappa shape index (κ2) is 12.3. The van der Waals surface area contributed by atoms with Gasteiger partial charge in [0.15, 0.2) is 0 Å². The van der Waals surface area contributed by atoms with Gasteiger partial charge >= 0.3 is 0 Å². The number of methoxy groups -OCH3 is 1. The molecule has 5 nitrogen and oxygen atoms in total. The van der Waals surface area contributed by atoms with Crippen molar-refractivity contribution in [3.05, 3.63) is 60.2 Å². The Morgan fingerprint density at radius 3 is 2.33 bits per heavy atom. The lowest BCUT2D eigenvalue weighted by molar-refractivity contribution is -0.140. The highest BCUT2D eigenvalue weighted by Gasteiger charge is 2.26. The summed E-state index contributed by atoms with van der Waals surface area (Å²) < 4.78 is 5.21. The molecule has 0 fully saturated rings. The zero-order valence-corrected chi connectivity index (χ0v) is 19.1. The van der Waals surface area contributed by atoms with Crippen molar-refractivity contribution in [1.82, 2.24) is 10.2 Å². The van der Waals surface area contributed by atoms with E-state index in [2.05, 4.69) is 5.32 Å². The first-order chi connectivity index (χ1) is 14.4. The molecule has 2 amide bonds. The van der Waals surface area contributed by atoms with E-state index in [0.29, 0.717) is 18.7 Å². The van der Waals surface area contributed by atoms with Crippen LogP contribution in [-0.2, 0) is 16.1 Å². The third kappa shape index (κ3) is 7.41. The van der Waals surface area contributed by atoms with Crippen LogP contribution >= 0.6 is 11.8 Å². The van der Waals surface area contributed by atoms with Crippen molar-refractivity contribution in [1.29, 1.82) is 0 Å². The molecular weight excluding hydrogens is 396 g/mol. The van der Waals surface area contributed by atoms with E-state index in [-0.39, 0.29) is 17.9 Å². The maximum Gasteiger partial charge on any atom is 0.242 e. The van der Waals surface area contributed by atoms with Crippen molar-refractivity contribution in [3.63, 3.8) is 0 Å². The molecule has 0 aromatic heterocycles. The number of hydrogen-bond donors (Lipinski definition) is 1. The van der Waals surface area contributed by atoms with E-state index in [1.54, 1.807) is 30.7 Å². The van der Waals surface area contributed by atoms with E-state index in [1.165, 1.54) is 0 Å². The van der Waals surface area contributed by atoms with E-state index in [9.17, 15) is 9.59 Å². The smallest absolute Gasteiger partial charge is 0.242 e. The molecule has 30 heavy (non-hydrogen) atoms. The van der Waals surface area contributed by atoms with Crippen LogP contribution < -0.4 is 10.1 Å². The van der Waals surface area contributed by atoms with E-state index >= 15 is 0 Å². The first kappa shape index (κ1) is 23.8. The average Bonchev–Trinajstić information content (AvgIpc) is 2.77. The summed E-state index contributed by atoms with van der Waals surface area (Å²) in [5.74, 6) is 1.28. The zero-order valence-electron chi connectivity index (χ0n) is 18.3. The average molecular weight is 429 g/mol. The van der Waals surface area contributed by atoms with Gasteiger partial charge < -0.3 is 15.0 Å². The second-order valence-corrected chi connectivity index (χ2v) is 8.44. The van der Waals surface area contributed by atoms with Crippen LogP contribution in [-0.4, -0.2) is 41.7 Å². The van der Waals surface area contributed by atoms with Gasteiger partial charge in [0.2, 0.25) is 11.8 Å². The van der Waals surface area contributed by atoms with Crippen LogP contribution in [0.1, 0.15) is 39.2 Å². The molecule has 6 heteroatoms. The number of rotatable bonds is 11. The number of nitrogens with one attached hydrogen (secondary N) is 1. The first-order valence-electron chi connectivity index (χ1n) is 10.3. The van der Waals surface area contributed by atoms with E-state index in [1.807, 2.05) is 68.4 Å². The van der Waals surface area contributed by atoms with Gasteiger partial charge in [0, 0.05) is 29.7 Å². The molecule has 0 unspecified atom stereocenters. The molecule has 2 aromatic carbocycles. The summed E-state index contributed by atoms with van der Waals surface area (Å²) in [6, 6.07) is 17.1. The lowest BCUT2D eigenvalue weighted by atomic mass is 10.1. The Morgan fingerprint density at radius 1 is 1.07 bits per heavy atom. The first-order valence-corrected chi connectivity index (χ1v) is 11.3. The SMILES string of the molecule is CC[C@H](C)NC(=O)[C@@H](C)N(Cc1ccc(OC)cc1)C(=O)CCSc1ccccc1. The minimum Gasteiger partial charge on any atom is -0.497 e. The van der Waals surface area contributed by atoms with Crippen LogP contribution in [0.2, 0.25) is 0 Å². The Kier molecular flexibility index (Phi) is 9.74. The Morgan fingerprint density at radius 2 is 1.73 bits per heavy atom. The third-order valence-electron chi connectivity index (χ3n) is 5.01. The molecule has 0 aliphatic heterocycles. The number of hydrogen-bond acceptors (Lipinski definition) is 4. The van der Waals surface area contributed by atoms with Gasteiger partial charge in [-0.05, 0) is 50.1 Å². The molecule has 0 saturated heterocycles. The summed E-state index contributed by atoms with van der Waals surface area (Å²) in [7, 11) is 1.62. The number of nitrogens with zero attached hydrogens (tertiary/aromatic N) is 1. The molecule has 0 heterocycles. The van der Waals surface area contributed by atoms with E-state index in [0.717, 1.165) is 22.6 Å². The molecular formula is C24H32N2O3S. The van der Waals surface area contributed by atoms with E-state index in [4.69, 9.17) is 4.74 Å². The minimum absolute atomic E-state index is 0.0268. The van der Waals surface area contributed by atoms with Crippen molar-refractivity contribution >= 4 is 23.6 Å². The fourth-order valence-electron chi connectivity index (χ4n) is 2.89. The topological polar surface area (TPSA) is 58.6 Å². The van der Waals surface area contributed by atoms with Gasteiger partial charge in [-0.15, -0.1) is 11.8 Å². The van der Waals surface area contributed by atoms with Crippen LogP contribution in [0.4, 0.5) is 0 Å². The normalized spacial score (nSPS) is 12.7. The van der Waals surface area contributed by atoms with Gasteiger partial charge in [-0.25, -0.2) is 0 Å². The van der Waals surface area contributed by atoms with Gasteiger partial charge in [0.1, 0.15) is 11.8 Å². The molecule has 0 radical (unpaired) electrons. The number of carbonyl (C=O) groups is 2. The second-order valence-electron chi connectivity index (χ2n) is 7.28. The van der Waals surface area contributed by atoms with E-state index < -0.39 is 6.04 Å². The van der Waals surface area contributed by atoms with Gasteiger partial charge in [0.25, 0.3) is 0 Å². The molecule has 2 rings (SSSR count). The molecule has 1 N–H and O–H groups in total. The standard InChI is InChI=1S/C24H32N2O3S/c1-5-18(2)25-24(28)19(3)26(17-20-11-13-21(29-4)14-12-20)23(27)15-16-30-22-9-7-6-8-10-22/h6-14,18-19H,5,15-17H2,1-4H3,(H,25,28)/t18-,19+/m0/s1. The minimum atomic E-state index is -0.546. The van der Waals surface area contributed by atoms with Crippen molar-refractivity contribution < 1.29 is 14.3 Å². The number of carbonyl (C=O) groups excluding carboxylic acids is 2.